The Morgan fingerprint density at radius 1 is 1.24 bits per heavy atom. The molecule has 0 aliphatic carbocycles. The van der Waals surface area contributed by atoms with Gasteiger partial charge in [-0.3, -0.25) is 4.79 Å². The van der Waals surface area contributed by atoms with E-state index in [0.29, 0.717) is 12.8 Å². The zero-order valence-corrected chi connectivity index (χ0v) is 9.05. The molecular weight excluding hydrogens is 231 g/mol. The van der Waals surface area contributed by atoms with Gasteiger partial charge in [0.15, 0.2) is 0 Å². The van der Waals surface area contributed by atoms with Gasteiger partial charge in [0.2, 0.25) is 5.91 Å². The number of benzene rings is 1. The molecule has 1 atom stereocenters. The number of hydrogen-bond acceptors (Lipinski definition) is 1. The molecule has 0 bridgehead atoms. The molecule has 92 valence electrons. The molecule has 1 aromatic rings. The van der Waals surface area contributed by atoms with Crippen molar-refractivity contribution in [3.8, 4) is 0 Å². The largest absolute Gasteiger partial charge is 0.416 e. The number of halogens is 3. The van der Waals surface area contributed by atoms with Crippen LogP contribution >= 0.6 is 0 Å². The number of alkyl halides is 3. The summed E-state index contributed by atoms with van der Waals surface area (Å²) >= 11 is 0. The van der Waals surface area contributed by atoms with Gasteiger partial charge in [-0.05, 0) is 30.5 Å². The minimum atomic E-state index is -4.29. The Hall–Kier alpha value is -1.52. The van der Waals surface area contributed by atoms with E-state index in [9.17, 15) is 18.0 Å². The average Bonchev–Trinajstić information content (AvgIpc) is 2.63. The van der Waals surface area contributed by atoms with E-state index in [2.05, 4.69) is 5.32 Å². The van der Waals surface area contributed by atoms with Gasteiger partial charge in [-0.15, -0.1) is 0 Å². The Morgan fingerprint density at radius 3 is 2.35 bits per heavy atom. The summed E-state index contributed by atoms with van der Waals surface area (Å²) in [5, 5.41) is 2.79. The monoisotopic (exact) mass is 243 g/mol. The van der Waals surface area contributed by atoms with Crippen molar-refractivity contribution >= 4 is 5.91 Å². The number of amides is 1. The third kappa shape index (κ3) is 2.99. The van der Waals surface area contributed by atoms with Gasteiger partial charge in [0.1, 0.15) is 0 Å². The summed E-state index contributed by atoms with van der Waals surface area (Å²) in [6.45, 7) is 0. The molecule has 1 fully saturated rings. The lowest BCUT2D eigenvalue weighted by molar-refractivity contribution is -0.137. The van der Waals surface area contributed by atoms with Crippen LogP contribution in [-0.4, -0.2) is 11.9 Å². The SMILES string of the molecule is O=C1CCC(Cc2ccc(C(F)(F)F)cc2)N1. The van der Waals surface area contributed by atoms with Gasteiger partial charge in [0.25, 0.3) is 0 Å². The van der Waals surface area contributed by atoms with Crippen molar-refractivity contribution < 1.29 is 18.0 Å². The fourth-order valence-electron chi connectivity index (χ4n) is 1.94. The number of carbonyl (C=O) groups is 1. The van der Waals surface area contributed by atoms with Gasteiger partial charge in [0.05, 0.1) is 5.56 Å². The number of hydrogen-bond donors (Lipinski definition) is 1. The number of carbonyl (C=O) groups excluding carboxylic acids is 1. The van der Waals surface area contributed by atoms with Crippen molar-refractivity contribution in [2.24, 2.45) is 0 Å². The van der Waals surface area contributed by atoms with Crippen LogP contribution < -0.4 is 5.32 Å². The van der Waals surface area contributed by atoms with E-state index in [-0.39, 0.29) is 11.9 Å². The van der Waals surface area contributed by atoms with Crippen molar-refractivity contribution in [3.63, 3.8) is 0 Å². The van der Waals surface area contributed by atoms with Crippen molar-refractivity contribution in [2.45, 2.75) is 31.5 Å². The van der Waals surface area contributed by atoms with Crippen molar-refractivity contribution in [2.75, 3.05) is 0 Å². The highest BCUT2D eigenvalue weighted by atomic mass is 19.4. The number of rotatable bonds is 2. The molecule has 1 heterocycles. The van der Waals surface area contributed by atoms with Crippen LogP contribution in [0.15, 0.2) is 24.3 Å². The molecular formula is C12H12F3NO. The average molecular weight is 243 g/mol. The van der Waals surface area contributed by atoms with Gasteiger partial charge in [-0.2, -0.15) is 13.2 Å². The topological polar surface area (TPSA) is 29.1 Å². The predicted molar refractivity (Wildman–Crippen MR) is 56.3 cm³/mol. The molecule has 0 radical (unpaired) electrons. The van der Waals surface area contributed by atoms with Gasteiger partial charge >= 0.3 is 6.18 Å². The first-order valence-electron chi connectivity index (χ1n) is 5.40. The van der Waals surface area contributed by atoms with Crippen LogP contribution in [0.4, 0.5) is 13.2 Å². The van der Waals surface area contributed by atoms with Crippen LogP contribution in [0.1, 0.15) is 24.0 Å². The fraction of sp³-hybridized carbons (Fsp3) is 0.417. The first kappa shape index (κ1) is 12.0. The minimum Gasteiger partial charge on any atom is -0.353 e. The van der Waals surface area contributed by atoms with E-state index in [0.717, 1.165) is 24.1 Å². The zero-order chi connectivity index (χ0) is 12.5. The zero-order valence-electron chi connectivity index (χ0n) is 9.05. The molecule has 1 aliphatic heterocycles. The summed E-state index contributed by atoms with van der Waals surface area (Å²) in [6.07, 6.45) is -2.45. The standard InChI is InChI=1S/C12H12F3NO/c13-12(14,15)9-3-1-8(2-4-9)7-10-5-6-11(17)16-10/h1-4,10H,5-7H2,(H,16,17). The molecule has 17 heavy (non-hydrogen) atoms. The van der Waals surface area contributed by atoms with Crippen molar-refractivity contribution in [3.05, 3.63) is 35.4 Å². The van der Waals surface area contributed by atoms with Crippen LogP contribution in [0.5, 0.6) is 0 Å². The van der Waals surface area contributed by atoms with E-state index in [1.807, 2.05) is 0 Å². The van der Waals surface area contributed by atoms with Crippen LogP contribution in [0.2, 0.25) is 0 Å². The Balaban J connectivity index is 2.01. The van der Waals surface area contributed by atoms with E-state index in [1.54, 1.807) is 0 Å². The second-order valence-electron chi connectivity index (χ2n) is 4.20. The van der Waals surface area contributed by atoms with Crippen LogP contribution in [0, 0.1) is 0 Å². The molecule has 1 aromatic carbocycles. The smallest absolute Gasteiger partial charge is 0.353 e. The first-order valence-corrected chi connectivity index (χ1v) is 5.40. The molecule has 2 rings (SSSR count). The van der Waals surface area contributed by atoms with Crippen molar-refractivity contribution in [1.29, 1.82) is 0 Å². The lowest BCUT2D eigenvalue weighted by Crippen LogP contribution is -2.27. The Labute approximate surface area is 96.8 Å². The Kier molecular flexibility index (Phi) is 3.09. The summed E-state index contributed by atoms with van der Waals surface area (Å²) in [5.41, 5.74) is 0.168. The first-order chi connectivity index (χ1) is 7.95. The summed E-state index contributed by atoms with van der Waals surface area (Å²) in [6, 6.07) is 5.14. The fourth-order valence-corrected chi connectivity index (χ4v) is 1.94. The molecule has 1 amide bonds. The second-order valence-corrected chi connectivity index (χ2v) is 4.20. The molecule has 1 aliphatic rings. The highest BCUT2D eigenvalue weighted by Crippen LogP contribution is 2.29. The molecule has 0 aromatic heterocycles. The van der Waals surface area contributed by atoms with Gasteiger partial charge in [-0.25, -0.2) is 0 Å². The van der Waals surface area contributed by atoms with E-state index < -0.39 is 11.7 Å². The van der Waals surface area contributed by atoms with Crippen LogP contribution in [0.25, 0.3) is 0 Å². The molecule has 5 heteroatoms. The van der Waals surface area contributed by atoms with Crippen molar-refractivity contribution in [1.82, 2.24) is 5.32 Å². The molecule has 0 spiro atoms. The summed E-state index contributed by atoms with van der Waals surface area (Å²) < 4.78 is 37.0. The highest BCUT2D eigenvalue weighted by molar-refractivity contribution is 5.78. The van der Waals surface area contributed by atoms with Crippen LogP contribution in [-0.2, 0) is 17.4 Å². The quantitative estimate of drug-likeness (QED) is 0.849. The maximum Gasteiger partial charge on any atom is 0.416 e. The molecule has 1 saturated heterocycles. The highest BCUT2D eigenvalue weighted by Gasteiger charge is 2.30. The molecule has 1 unspecified atom stereocenters. The second kappa shape index (κ2) is 4.39. The van der Waals surface area contributed by atoms with Gasteiger partial charge < -0.3 is 5.32 Å². The van der Waals surface area contributed by atoms with E-state index in [1.165, 1.54) is 12.1 Å². The molecule has 1 N–H and O–H groups in total. The third-order valence-electron chi connectivity index (χ3n) is 2.85. The molecule has 2 nitrogen and oxygen atoms in total. The number of nitrogens with one attached hydrogen (secondary N) is 1. The lowest BCUT2D eigenvalue weighted by atomic mass is 10.0. The molecule has 0 saturated carbocycles. The summed E-state index contributed by atoms with van der Waals surface area (Å²) in [5.74, 6) is 0.0157. The third-order valence-corrected chi connectivity index (χ3v) is 2.85. The maximum atomic E-state index is 12.3. The summed E-state index contributed by atoms with van der Waals surface area (Å²) in [7, 11) is 0. The Morgan fingerprint density at radius 2 is 1.88 bits per heavy atom. The maximum absolute atomic E-state index is 12.3. The normalized spacial score (nSPS) is 20.4. The minimum absolute atomic E-state index is 0.0157. The summed E-state index contributed by atoms with van der Waals surface area (Å²) in [4.78, 5) is 11.0. The van der Waals surface area contributed by atoms with Crippen LogP contribution in [0.3, 0.4) is 0 Å². The van der Waals surface area contributed by atoms with E-state index >= 15 is 0 Å². The lowest BCUT2D eigenvalue weighted by Gasteiger charge is -2.11. The van der Waals surface area contributed by atoms with Gasteiger partial charge in [0, 0.05) is 12.5 Å². The predicted octanol–water partition coefficient (Wildman–Crippen LogP) is 2.53. The Bertz CT molecular complexity index is 411. The van der Waals surface area contributed by atoms with E-state index in [4.69, 9.17) is 0 Å². The van der Waals surface area contributed by atoms with Gasteiger partial charge in [-0.1, -0.05) is 12.1 Å².